The lowest BCUT2D eigenvalue weighted by Crippen LogP contribution is -2.21. The van der Waals surface area contributed by atoms with Crippen molar-refractivity contribution in [3.05, 3.63) is 23.8 Å². The fraction of sp³-hybridized carbons (Fsp3) is 0.533. The second-order valence-electron chi connectivity index (χ2n) is 5.32. The molecule has 1 aliphatic rings. The first-order chi connectivity index (χ1) is 9.10. The molecule has 1 amide bonds. The minimum absolute atomic E-state index is 0.0725. The summed E-state index contributed by atoms with van der Waals surface area (Å²) in [5.41, 5.74) is 1.14. The lowest BCUT2D eigenvalue weighted by molar-refractivity contribution is -0.121. The Morgan fingerprint density at radius 1 is 1.32 bits per heavy atom. The van der Waals surface area contributed by atoms with Gasteiger partial charge in [-0.3, -0.25) is 4.79 Å². The molecular formula is C15H21NO3. The molecule has 0 fully saturated rings. The Kier molecular flexibility index (Phi) is 4.30. The first kappa shape index (κ1) is 13.7. The number of fused-ring (bicyclic) bond motifs is 1. The summed E-state index contributed by atoms with van der Waals surface area (Å²) in [6.45, 7) is 4.62. The summed E-state index contributed by atoms with van der Waals surface area (Å²) in [4.78, 5) is 11.6. The topological polar surface area (TPSA) is 47.6 Å². The van der Waals surface area contributed by atoms with Crippen molar-refractivity contribution in [3.8, 4) is 11.5 Å². The van der Waals surface area contributed by atoms with E-state index in [0.717, 1.165) is 23.5 Å². The van der Waals surface area contributed by atoms with Crippen molar-refractivity contribution >= 4 is 5.91 Å². The highest BCUT2D eigenvalue weighted by Crippen LogP contribution is 2.37. The van der Waals surface area contributed by atoms with Gasteiger partial charge in [0.25, 0.3) is 0 Å². The minimum Gasteiger partial charge on any atom is -0.454 e. The van der Waals surface area contributed by atoms with Crippen molar-refractivity contribution in [1.82, 2.24) is 5.32 Å². The van der Waals surface area contributed by atoms with Gasteiger partial charge in [0.2, 0.25) is 12.7 Å². The van der Waals surface area contributed by atoms with E-state index in [0.29, 0.717) is 12.3 Å². The smallest absolute Gasteiger partial charge is 0.231 e. The molecular weight excluding hydrogens is 242 g/mol. The summed E-state index contributed by atoms with van der Waals surface area (Å²) in [5.74, 6) is 2.40. The Morgan fingerprint density at radius 2 is 2.05 bits per heavy atom. The summed E-state index contributed by atoms with van der Waals surface area (Å²) >= 11 is 0. The van der Waals surface area contributed by atoms with Crippen LogP contribution in [-0.4, -0.2) is 19.7 Å². The SMILES string of the molecule is CNC(=O)CC(CC(C)C)c1ccc2c(c1)OCO2. The van der Waals surface area contributed by atoms with Crippen LogP contribution in [0.3, 0.4) is 0 Å². The third kappa shape index (κ3) is 3.40. The zero-order valence-electron chi connectivity index (χ0n) is 11.7. The number of carbonyl (C=O) groups is 1. The number of hydrogen-bond donors (Lipinski definition) is 1. The molecule has 0 spiro atoms. The summed E-state index contributed by atoms with van der Waals surface area (Å²) < 4.78 is 10.7. The van der Waals surface area contributed by atoms with E-state index < -0.39 is 0 Å². The molecule has 0 bridgehead atoms. The Labute approximate surface area is 114 Å². The molecule has 0 radical (unpaired) electrons. The van der Waals surface area contributed by atoms with E-state index in [2.05, 4.69) is 19.2 Å². The van der Waals surface area contributed by atoms with E-state index in [1.54, 1.807) is 7.05 Å². The fourth-order valence-corrected chi connectivity index (χ4v) is 2.40. The Balaban J connectivity index is 2.19. The number of rotatable bonds is 5. The highest BCUT2D eigenvalue weighted by atomic mass is 16.7. The van der Waals surface area contributed by atoms with Crippen LogP contribution in [0.5, 0.6) is 11.5 Å². The number of nitrogens with one attached hydrogen (secondary N) is 1. The molecule has 0 saturated carbocycles. The van der Waals surface area contributed by atoms with Crippen molar-refractivity contribution in [1.29, 1.82) is 0 Å². The van der Waals surface area contributed by atoms with Gasteiger partial charge in [0.1, 0.15) is 0 Å². The molecule has 1 N–H and O–H groups in total. The molecule has 0 aliphatic carbocycles. The Morgan fingerprint density at radius 3 is 2.74 bits per heavy atom. The lowest BCUT2D eigenvalue weighted by atomic mass is 9.87. The van der Waals surface area contributed by atoms with E-state index in [-0.39, 0.29) is 18.6 Å². The number of amides is 1. The average molecular weight is 263 g/mol. The highest BCUT2D eigenvalue weighted by Gasteiger charge is 2.20. The van der Waals surface area contributed by atoms with Gasteiger partial charge in [-0.25, -0.2) is 0 Å². The van der Waals surface area contributed by atoms with Gasteiger partial charge in [0.05, 0.1) is 0 Å². The number of carbonyl (C=O) groups excluding carboxylic acids is 1. The predicted molar refractivity (Wildman–Crippen MR) is 73.4 cm³/mol. The van der Waals surface area contributed by atoms with Gasteiger partial charge in [-0.2, -0.15) is 0 Å². The van der Waals surface area contributed by atoms with Gasteiger partial charge in [-0.15, -0.1) is 0 Å². The van der Waals surface area contributed by atoms with Crippen molar-refractivity contribution < 1.29 is 14.3 Å². The Hall–Kier alpha value is -1.71. The first-order valence-corrected chi connectivity index (χ1v) is 6.70. The number of hydrogen-bond acceptors (Lipinski definition) is 3. The van der Waals surface area contributed by atoms with E-state index in [9.17, 15) is 4.79 Å². The maximum Gasteiger partial charge on any atom is 0.231 e. The van der Waals surface area contributed by atoms with Crippen LogP contribution in [-0.2, 0) is 4.79 Å². The van der Waals surface area contributed by atoms with E-state index in [4.69, 9.17) is 9.47 Å². The largest absolute Gasteiger partial charge is 0.454 e. The quantitative estimate of drug-likeness (QED) is 0.888. The molecule has 0 saturated heterocycles. The maximum absolute atomic E-state index is 11.6. The maximum atomic E-state index is 11.6. The standard InChI is InChI=1S/C15H21NO3/c1-10(2)6-12(8-15(17)16-3)11-4-5-13-14(7-11)19-9-18-13/h4-5,7,10,12H,6,8-9H2,1-3H3,(H,16,17). The summed E-state index contributed by atoms with van der Waals surface area (Å²) in [5, 5.41) is 2.70. The van der Waals surface area contributed by atoms with Crippen LogP contribution in [0.25, 0.3) is 0 Å². The molecule has 1 heterocycles. The molecule has 1 aromatic carbocycles. The second kappa shape index (κ2) is 5.95. The molecule has 1 aromatic rings. The van der Waals surface area contributed by atoms with E-state index in [1.165, 1.54) is 0 Å². The van der Waals surface area contributed by atoms with Crippen molar-refractivity contribution in [2.24, 2.45) is 5.92 Å². The molecule has 4 nitrogen and oxygen atoms in total. The van der Waals surface area contributed by atoms with Crippen LogP contribution in [0.2, 0.25) is 0 Å². The average Bonchev–Trinajstić information content (AvgIpc) is 2.84. The van der Waals surface area contributed by atoms with Gasteiger partial charge in [0.15, 0.2) is 11.5 Å². The summed E-state index contributed by atoms with van der Waals surface area (Å²) in [6, 6.07) is 5.96. The molecule has 104 valence electrons. The third-order valence-corrected chi connectivity index (χ3v) is 3.33. The van der Waals surface area contributed by atoms with Gasteiger partial charge in [0, 0.05) is 13.5 Å². The van der Waals surface area contributed by atoms with Crippen LogP contribution < -0.4 is 14.8 Å². The van der Waals surface area contributed by atoms with Crippen molar-refractivity contribution in [3.63, 3.8) is 0 Å². The molecule has 1 atom stereocenters. The summed E-state index contributed by atoms with van der Waals surface area (Å²) in [7, 11) is 1.68. The van der Waals surface area contributed by atoms with Gasteiger partial charge in [-0.1, -0.05) is 19.9 Å². The molecule has 4 heteroatoms. The predicted octanol–water partition coefficient (Wildman–Crippen LogP) is 2.68. The normalized spacial score (nSPS) is 14.5. The van der Waals surface area contributed by atoms with Crippen molar-refractivity contribution in [2.75, 3.05) is 13.8 Å². The monoisotopic (exact) mass is 263 g/mol. The van der Waals surface area contributed by atoms with Crippen LogP contribution in [0.1, 0.15) is 38.2 Å². The summed E-state index contributed by atoms with van der Waals surface area (Å²) in [6.07, 6.45) is 1.49. The lowest BCUT2D eigenvalue weighted by Gasteiger charge is -2.19. The zero-order chi connectivity index (χ0) is 13.8. The number of ether oxygens (including phenoxy) is 2. The highest BCUT2D eigenvalue weighted by molar-refractivity contribution is 5.76. The van der Waals surface area contributed by atoms with Crippen LogP contribution in [0.15, 0.2) is 18.2 Å². The minimum atomic E-state index is 0.0725. The first-order valence-electron chi connectivity index (χ1n) is 6.70. The number of benzene rings is 1. The fourth-order valence-electron chi connectivity index (χ4n) is 2.40. The van der Waals surface area contributed by atoms with Crippen LogP contribution in [0, 0.1) is 5.92 Å². The van der Waals surface area contributed by atoms with Gasteiger partial charge in [-0.05, 0) is 36.0 Å². The van der Waals surface area contributed by atoms with Gasteiger partial charge < -0.3 is 14.8 Å². The van der Waals surface area contributed by atoms with E-state index >= 15 is 0 Å². The van der Waals surface area contributed by atoms with Crippen LogP contribution >= 0.6 is 0 Å². The molecule has 19 heavy (non-hydrogen) atoms. The molecule has 1 aliphatic heterocycles. The van der Waals surface area contributed by atoms with Crippen molar-refractivity contribution in [2.45, 2.75) is 32.6 Å². The van der Waals surface area contributed by atoms with Gasteiger partial charge >= 0.3 is 0 Å². The van der Waals surface area contributed by atoms with Crippen LogP contribution in [0.4, 0.5) is 0 Å². The molecule has 2 rings (SSSR count). The zero-order valence-corrected chi connectivity index (χ0v) is 11.7. The van der Waals surface area contributed by atoms with E-state index in [1.807, 2.05) is 18.2 Å². The second-order valence-corrected chi connectivity index (χ2v) is 5.32. The molecule has 0 aromatic heterocycles. The molecule has 1 unspecified atom stereocenters. The third-order valence-electron chi connectivity index (χ3n) is 3.33. The Bertz CT molecular complexity index is 457.